The maximum absolute atomic E-state index is 13.1. The van der Waals surface area contributed by atoms with Gasteiger partial charge in [0.2, 0.25) is 0 Å². The largest absolute Gasteiger partial charge is 0.346 e. The lowest BCUT2D eigenvalue weighted by Crippen LogP contribution is -2.28. The summed E-state index contributed by atoms with van der Waals surface area (Å²) in [5.41, 5.74) is 2.96. The molecule has 4 nitrogen and oxygen atoms in total. The molecule has 0 aromatic heterocycles. The molecule has 2 aromatic rings. The second kappa shape index (κ2) is 7.16. The first-order valence-electron chi connectivity index (χ1n) is 8.07. The Morgan fingerprint density at radius 3 is 2.58 bits per heavy atom. The van der Waals surface area contributed by atoms with Crippen molar-refractivity contribution >= 4 is 7.60 Å². The van der Waals surface area contributed by atoms with Gasteiger partial charge in [-0.25, -0.2) is 4.39 Å². The topological polar surface area (TPSA) is 69.6 Å². The quantitative estimate of drug-likeness (QED) is 0.720. The van der Waals surface area contributed by atoms with E-state index in [4.69, 9.17) is 0 Å². The number of benzene rings is 2. The zero-order valence-corrected chi connectivity index (χ0v) is 14.1. The van der Waals surface area contributed by atoms with Gasteiger partial charge in [0.25, 0.3) is 0 Å². The molecule has 2 unspecified atom stereocenters. The van der Waals surface area contributed by atoms with E-state index >= 15 is 0 Å². The molecule has 1 aliphatic carbocycles. The van der Waals surface area contributed by atoms with Gasteiger partial charge < -0.3 is 9.79 Å². The SMILES string of the molecule is O=P(O)(O)C(NCC1CCCc2ccccc21)c1ccc(F)cc1. The van der Waals surface area contributed by atoms with Gasteiger partial charge in [-0.2, -0.15) is 0 Å². The van der Waals surface area contributed by atoms with Gasteiger partial charge in [0.15, 0.2) is 0 Å². The highest BCUT2D eigenvalue weighted by molar-refractivity contribution is 7.52. The summed E-state index contributed by atoms with van der Waals surface area (Å²) < 4.78 is 24.9. The molecule has 0 radical (unpaired) electrons. The van der Waals surface area contributed by atoms with Crippen molar-refractivity contribution in [1.82, 2.24) is 5.32 Å². The smallest absolute Gasteiger partial charge is 0.323 e. The maximum Gasteiger partial charge on any atom is 0.346 e. The number of rotatable bonds is 5. The molecule has 0 saturated heterocycles. The van der Waals surface area contributed by atoms with E-state index in [1.807, 2.05) is 12.1 Å². The third kappa shape index (κ3) is 3.93. The molecule has 0 saturated carbocycles. The molecule has 0 heterocycles. The summed E-state index contributed by atoms with van der Waals surface area (Å²) >= 11 is 0. The minimum absolute atomic E-state index is 0.226. The first-order valence-corrected chi connectivity index (χ1v) is 9.75. The fourth-order valence-corrected chi connectivity index (χ4v) is 4.30. The predicted octanol–water partition coefficient (Wildman–Crippen LogP) is 3.71. The highest BCUT2D eigenvalue weighted by atomic mass is 31.2. The second-order valence-corrected chi connectivity index (χ2v) is 7.93. The summed E-state index contributed by atoms with van der Waals surface area (Å²) in [6, 6.07) is 13.5. The van der Waals surface area contributed by atoms with Crippen molar-refractivity contribution in [2.45, 2.75) is 31.0 Å². The van der Waals surface area contributed by atoms with Gasteiger partial charge >= 0.3 is 7.60 Å². The van der Waals surface area contributed by atoms with E-state index in [-0.39, 0.29) is 5.92 Å². The molecule has 3 N–H and O–H groups in total. The van der Waals surface area contributed by atoms with Crippen molar-refractivity contribution in [2.24, 2.45) is 0 Å². The average Bonchev–Trinajstić information content (AvgIpc) is 2.55. The third-order valence-corrected chi connectivity index (χ3v) is 5.73. The van der Waals surface area contributed by atoms with Crippen molar-refractivity contribution in [3.8, 4) is 0 Å². The fraction of sp³-hybridized carbons (Fsp3) is 0.333. The molecular weight excluding hydrogens is 328 g/mol. The van der Waals surface area contributed by atoms with Crippen LogP contribution in [0.3, 0.4) is 0 Å². The Hall–Kier alpha value is -1.52. The number of nitrogens with one attached hydrogen (secondary N) is 1. The van der Waals surface area contributed by atoms with E-state index in [1.54, 1.807) is 0 Å². The van der Waals surface area contributed by atoms with Gasteiger partial charge in [0, 0.05) is 6.54 Å². The van der Waals surface area contributed by atoms with Crippen LogP contribution in [0, 0.1) is 5.82 Å². The van der Waals surface area contributed by atoms with Gasteiger partial charge in [0.05, 0.1) is 0 Å². The number of hydrogen-bond donors (Lipinski definition) is 3. The molecule has 0 aliphatic heterocycles. The summed E-state index contributed by atoms with van der Waals surface area (Å²) in [6.07, 6.45) is 3.11. The molecule has 2 atom stereocenters. The number of halogens is 1. The molecule has 0 bridgehead atoms. The Balaban J connectivity index is 1.78. The van der Waals surface area contributed by atoms with Crippen LogP contribution in [0.2, 0.25) is 0 Å². The highest BCUT2D eigenvalue weighted by Gasteiger charge is 2.31. The van der Waals surface area contributed by atoms with Gasteiger partial charge in [-0.1, -0.05) is 36.4 Å². The Bertz CT molecular complexity index is 744. The second-order valence-electron chi connectivity index (χ2n) is 6.24. The summed E-state index contributed by atoms with van der Waals surface area (Å²) in [4.78, 5) is 19.4. The van der Waals surface area contributed by atoms with Crippen LogP contribution in [0.25, 0.3) is 0 Å². The van der Waals surface area contributed by atoms with E-state index in [9.17, 15) is 18.7 Å². The summed E-state index contributed by atoms with van der Waals surface area (Å²) in [5.74, 6) is -1.32. The molecule has 1 aliphatic rings. The monoisotopic (exact) mass is 349 g/mol. The van der Waals surface area contributed by atoms with Crippen LogP contribution in [0.5, 0.6) is 0 Å². The van der Waals surface area contributed by atoms with E-state index in [2.05, 4.69) is 17.4 Å². The normalized spacial score (nSPS) is 18.9. The van der Waals surface area contributed by atoms with E-state index in [0.717, 1.165) is 19.3 Å². The third-order valence-electron chi connectivity index (χ3n) is 4.57. The summed E-state index contributed by atoms with van der Waals surface area (Å²) in [5, 5.41) is 3.02. The lowest BCUT2D eigenvalue weighted by molar-refractivity contribution is 0.344. The Kier molecular flexibility index (Phi) is 5.16. The minimum atomic E-state index is -4.40. The standard InChI is InChI=1S/C18H21FNO3P/c19-16-10-8-14(9-11-16)18(24(21,22)23)20-12-15-6-3-5-13-4-1-2-7-17(13)15/h1-2,4,7-11,15,18,20H,3,5-6,12H2,(H2,21,22,23). The van der Waals surface area contributed by atoms with Crippen LogP contribution in [0.15, 0.2) is 48.5 Å². The van der Waals surface area contributed by atoms with Gasteiger partial charge in [-0.3, -0.25) is 9.88 Å². The average molecular weight is 349 g/mol. The van der Waals surface area contributed by atoms with Crippen LogP contribution in [0.4, 0.5) is 4.39 Å². The predicted molar refractivity (Wildman–Crippen MR) is 91.3 cm³/mol. The van der Waals surface area contributed by atoms with E-state index in [1.165, 1.54) is 35.4 Å². The Labute approximate surface area is 140 Å². The van der Waals surface area contributed by atoms with Crippen molar-refractivity contribution in [1.29, 1.82) is 0 Å². The van der Waals surface area contributed by atoms with Crippen molar-refractivity contribution in [3.05, 3.63) is 71.0 Å². The van der Waals surface area contributed by atoms with E-state index < -0.39 is 19.2 Å². The van der Waals surface area contributed by atoms with Crippen LogP contribution in [0.1, 0.15) is 41.2 Å². The minimum Gasteiger partial charge on any atom is -0.323 e. The number of hydrogen-bond acceptors (Lipinski definition) is 2. The van der Waals surface area contributed by atoms with Crippen LogP contribution >= 0.6 is 7.60 Å². The molecule has 0 spiro atoms. The van der Waals surface area contributed by atoms with Gasteiger partial charge in [-0.15, -0.1) is 0 Å². The zero-order valence-electron chi connectivity index (χ0n) is 13.2. The molecular formula is C18H21FNO3P. The molecule has 0 amide bonds. The van der Waals surface area contributed by atoms with Crippen molar-refractivity contribution in [3.63, 3.8) is 0 Å². The summed E-state index contributed by atoms with van der Waals surface area (Å²) in [6.45, 7) is 0.476. The number of aryl methyl sites for hydroxylation is 1. The molecule has 3 rings (SSSR count). The molecule has 6 heteroatoms. The van der Waals surface area contributed by atoms with Crippen LogP contribution < -0.4 is 5.32 Å². The van der Waals surface area contributed by atoms with Crippen LogP contribution in [-0.2, 0) is 11.0 Å². The molecule has 24 heavy (non-hydrogen) atoms. The first-order chi connectivity index (χ1) is 11.4. The molecule has 128 valence electrons. The summed E-state index contributed by atoms with van der Waals surface area (Å²) in [7, 11) is -4.40. The van der Waals surface area contributed by atoms with Gasteiger partial charge in [-0.05, 0) is 54.0 Å². The Morgan fingerprint density at radius 1 is 1.17 bits per heavy atom. The Morgan fingerprint density at radius 2 is 1.88 bits per heavy atom. The fourth-order valence-electron chi connectivity index (χ4n) is 3.40. The molecule has 0 fully saturated rings. The van der Waals surface area contributed by atoms with Gasteiger partial charge in [0.1, 0.15) is 11.6 Å². The lowest BCUT2D eigenvalue weighted by Gasteiger charge is -2.28. The van der Waals surface area contributed by atoms with Crippen molar-refractivity contribution in [2.75, 3.05) is 6.54 Å². The highest BCUT2D eigenvalue weighted by Crippen LogP contribution is 2.50. The number of fused-ring (bicyclic) bond motifs is 1. The first kappa shape index (κ1) is 17.3. The van der Waals surface area contributed by atoms with Crippen LogP contribution in [-0.4, -0.2) is 16.3 Å². The zero-order chi connectivity index (χ0) is 17.2. The lowest BCUT2D eigenvalue weighted by atomic mass is 9.83. The van der Waals surface area contributed by atoms with E-state index in [0.29, 0.717) is 12.1 Å². The maximum atomic E-state index is 13.1. The van der Waals surface area contributed by atoms with Crippen molar-refractivity contribution < 1.29 is 18.7 Å². The molecule has 2 aromatic carbocycles.